The van der Waals surface area contributed by atoms with Crippen LogP contribution in [0.15, 0.2) is 45.7 Å². The van der Waals surface area contributed by atoms with Gasteiger partial charge in [-0.3, -0.25) is 5.10 Å². The zero-order valence-corrected chi connectivity index (χ0v) is 10.8. The van der Waals surface area contributed by atoms with Gasteiger partial charge in [0.1, 0.15) is 0 Å². The van der Waals surface area contributed by atoms with E-state index in [1.807, 2.05) is 24.3 Å². The van der Waals surface area contributed by atoms with Gasteiger partial charge in [0.25, 0.3) is 0 Å². The fourth-order valence-corrected chi connectivity index (χ4v) is 2.20. The maximum atomic E-state index is 5.88. The summed E-state index contributed by atoms with van der Waals surface area (Å²) in [5.74, 6) is 0.976. The number of H-pyrrole nitrogens is 1. The second-order valence-corrected chi connectivity index (χ2v) is 4.68. The van der Waals surface area contributed by atoms with E-state index in [1.54, 1.807) is 12.4 Å². The molecule has 0 saturated carbocycles. The van der Waals surface area contributed by atoms with Gasteiger partial charge in [-0.05, 0) is 17.7 Å². The fourth-order valence-electron chi connectivity index (χ4n) is 1.80. The molecule has 0 atom stereocenters. The molecule has 0 saturated heterocycles. The maximum absolute atomic E-state index is 5.88. The largest absolute Gasteiger partial charge is 0.380 e. The van der Waals surface area contributed by atoms with E-state index in [2.05, 4.69) is 31.3 Å². The minimum Gasteiger partial charge on any atom is -0.380 e. The molecule has 0 unspecified atom stereocenters. The van der Waals surface area contributed by atoms with Gasteiger partial charge in [0.2, 0.25) is 0 Å². The molecule has 18 heavy (non-hydrogen) atoms. The first kappa shape index (κ1) is 11.0. The number of nitrogens with one attached hydrogen (secondary N) is 1. The number of nitrogens with zero attached hydrogens (tertiary/aromatic N) is 2. The van der Waals surface area contributed by atoms with Crippen molar-refractivity contribution in [1.82, 2.24) is 15.4 Å². The Morgan fingerprint density at radius 2 is 2.17 bits per heavy atom. The smallest absolute Gasteiger partial charge is 0.180 e. The van der Waals surface area contributed by atoms with Crippen LogP contribution < -0.4 is 5.73 Å². The Morgan fingerprint density at radius 3 is 2.89 bits per heavy atom. The van der Waals surface area contributed by atoms with E-state index in [0.717, 1.165) is 21.2 Å². The molecule has 2 heterocycles. The van der Waals surface area contributed by atoms with Crippen LogP contribution in [0.2, 0.25) is 0 Å². The van der Waals surface area contributed by atoms with Crippen molar-refractivity contribution in [1.29, 1.82) is 0 Å². The summed E-state index contributed by atoms with van der Waals surface area (Å²) in [4.78, 5) is 0. The van der Waals surface area contributed by atoms with Crippen molar-refractivity contribution in [3.05, 3.63) is 41.1 Å². The molecule has 0 aliphatic carbocycles. The lowest BCUT2D eigenvalue weighted by Crippen LogP contribution is -1.88. The van der Waals surface area contributed by atoms with Crippen LogP contribution in [0.25, 0.3) is 22.5 Å². The van der Waals surface area contributed by atoms with Gasteiger partial charge < -0.3 is 10.3 Å². The highest BCUT2D eigenvalue weighted by Gasteiger charge is 2.18. The summed E-state index contributed by atoms with van der Waals surface area (Å²) in [5, 5.41) is 10.5. The normalized spacial score (nSPS) is 10.7. The van der Waals surface area contributed by atoms with Crippen LogP contribution in [0, 0.1) is 0 Å². The maximum Gasteiger partial charge on any atom is 0.180 e. The highest BCUT2D eigenvalue weighted by Crippen LogP contribution is 2.36. The summed E-state index contributed by atoms with van der Waals surface area (Å²) in [6, 6.07) is 7.81. The number of nitrogens with two attached hydrogens (primary N) is 1. The Kier molecular flexibility index (Phi) is 2.64. The average Bonchev–Trinajstić information content (AvgIpc) is 2.97. The highest BCUT2D eigenvalue weighted by molar-refractivity contribution is 9.10. The van der Waals surface area contributed by atoms with Gasteiger partial charge in [-0.15, -0.1) is 0 Å². The number of anilines is 1. The van der Waals surface area contributed by atoms with Gasteiger partial charge >= 0.3 is 0 Å². The number of hydrogen-bond acceptors (Lipinski definition) is 4. The van der Waals surface area contributed by atoms with Crippen molar-refractivity contribution in [2.45, 2.75) is 0 Å². The Morgan fingerprint density at radius 1 is 1.28 bits per heavy atom. The summed E-state index contributed by atoms with van der Waals surface area (Å²) in [6.07, 6.45) is 3.41. The SMILES string of the molecule is Nc1noc(-c2cn[nH]c2)c1-c1cccc(Br)c1. The van der Waals surface area contributed by atoms with Gasteiger partial charge in [-0.1, -0.05) is 33.2 Å². The molecule has 3 N–H and O–H groups in total. The summed E-state index contributed by atoms with van der Waals surface area (Å²) in [5.41, 5.74) is 8.41. The van der Waals surface area contributed by atoms with Gasteiger partial charge in [0.15, 0.2) is 11.6 Å². The van der Waals surface area contributed by atoms with E-state index in [0.29, 0.717) is 11.6 Å². The summed E-state index contributed by atoms with van der Waals surface area (Å²) >= 11 is 3.44. The zero-order chi connectivity index (χ0) is 12.5. The van der Waals surface area contributed by atoms with E-state index in [9.17, 15) is 0 Å². The van der Waals surface area contributed by atoms with Crippen molar-refractivity contribution < 1.29 is 4.52 Å². The van der Waals surface area contributed by atoms with Gasteiger partial charge in [-0.2, -0.15) is 5.10 Å². The molecule has 90 valence electrons. The molecule has 0 fully saturated rings. The molecule has 5 nitrogen and oxygen atoms in total. The zero-order valence-electron chi connectivity index (χ0n) is 9.22. The van der Waals surface area contributed by atoms with Crippen molar-refractivity contribution in [3.63, 3.8) is 0 Å². The Labute approximate surface area is 111 Å². The summed E-state index contributed by atoms with van der Waals surface area (Å²) in [6.45, 7) is 0. The lowest BCUT2D eigenvalue weighted by atomic mass is 10.0. The first-order chi connectivity index (χ1) is 8.75. The van der Waals surface area contributed by atoms with E-state index >= 15 is 0 Å². The van der Waals surface area contributed by atoms with Gasteiger partial charge in [0.05, 0.1) is 17.3 Å². The van der Waals surface area contributed by atoms with Crippen molar-refractivity contribution in [3.8, 4) is 22.5 Å². The number of aromatic amines is 1. The van der Waals surface area contributed by atoms with E-state index in [-0.39, 0.29) is 0 Å². The van der Waals surface area contributed by atoms with Crippen LogP contribution in [-0.4, -0.2) is 15.4 Å². The molecular formula is C12H9BrN4O. The average molecular weight is 305 g/mol. The molecule has 0 bridgehead atoms. The Bertz CT molecular complexity index is 675. The molecule has 0 spiro atoms. The topological polar surface area (TPSA) is 80.7 Å². The number of aromatic nitrogens is 3. The molecule has 2 aromatic heterocycles. The van der Waals surface area contributed by atoms with Crippen LogP contribution in [-0.2, 0) is 0 Å². The quantitative estimate of drug-likeness (QED) is 0.762. The molecule has 3 rings (SSSR count). The molecule has 0 radical (unpaired) electrons. The van der Waals surface area contributed by atoms with Crippen LogP contribution in [0.3, 0.4) is 0 Å². The number of benzene rings is 1. The third-order valence-electron chi connectivity index (χ3n) is 2.59. The lowest BCUT2D eigenvalue weighted by molar-refractivity contribution is 0.436. The fraction of sp³-hybridized carbons (Fsp3) is 0. The number of rotatable bonds is 2. The lowest BCUT2D eigenvalue weighted by Gasteiger charge is -2.01. The standard InChI is InChI=1S/C12H9BrN4O/c13-9-3-1-2-7(4-9)10-11(18-17-12(10)14)8-5-15-16-6-8/h1-6H,(H2,14,17)(H,15,16). The second kappa shape index (κ2) is 4.30. The first-order valence-electron chi connectivity index (χ1n) is 5.26. The van der Waals surface area contributed by atoms with E-state index in [1.165, 1.54) is 0 Å². The Balaban J connectivity index is 2.20. The molecule has 0 aliphatic rings. The minimum atomic E-state index is 0.365. The monoisotopic (exact) mass is 304 g/mol. The highest BCUT2D eigenvalue weighted by atomic mass is 79.9. The van der Waals surface area contributed by atoms with Crippen LogP contribution in [0.1, 0.15) is 0 Å². The van der Waals surface area contributed by atoms with Gasteiger partial charge in [0, 0.05) is 10.7 Å². The molecule has 1 aromatic carbocycles. The van der Waals surface area contributed by atoms with Crippen molar-refractivity contribution in [2.24, 2.45) is 0 Å². The van der Waals surface area contributed by atoms with E-state index in [4.69, 9.17) is 10.3 Å². The third kappa shape index (κ3) is 1.80. The molecule has 6 heteroatoms. The van der Waals surface area contributed by atoms with E-state index < -0.39 is 0 Å². The molecule has 0 aliphatic heterocycles. The van der Waals surface area contributed by atoms with Crippen molar-refractivity contribution in [2.75, 3.05) is 5.73 Å². The summed E-state index contributed by atoms with van der Waals surface area (Å²) in [7, 11) is 0. The third-order valence-corrected chi connectivity index (χ3v) is 3.09. The number of halogens is 1. The minimum absolute atomic E-state index is 0.365. The predicted molar refractivity (Wildman–Crippen MR) is 71.6 cm³/mol. The van der Waals surface area contributed by atoms with Crippen LogP contribution in [0.4, 0.5) is 5.82 Å². The van der Waals surface area contributed by atoms with Crippen LogP contribution >= 0.6 is 15.9 Å². The number of hydrogen-bond donors (Lipinski definition) is 2. The first-order valence-corrected chi connectivity index (χ1v) is 6.05. The Hall–Kier alpha value is -2.08. The van der Waals surface area contributed by atoms with Crippen molar-refractivity contribution >= 4 is 21.7 Å². The molecule has 0 amide bonds. The van der Waals surface area contributed by atoms with Gasteiger partial charge in [-0.25, -0.2) is 0 Å². The second-order valence-electron chi connectivity index (χ2n) is 3.77. The predicted octanol–water partition coefficient (Wildman–Crippen LogP) is 3.08. The molecular weight excluding hydrogens is 296 g/mol. The van der Waals surface area contributed by atoms with Crippen LogP contribution in [0.5, 0.6) is 0 Å². The number of nitrogen functional groups attached to an aromatic ring is 1. The molecule has 3 aromatic rings. The summed E-state index contributed by atoms with van der Waals surface area (Å²) < 4.78 is 6.25.